The summed E-state index contributed by atoms with van der Waals surface area (Å²) in [5.41, 5.74) is 2.59. The Bertz CT molecular complexity index is 1210. The normalized spacial score (nSPS) is 11.7. The van der Waals surface area contributed by atoms with Crippen molar-refractivity contribution in [3.05, 3.63) is 66.6 Å². The fourth-order valence-corrected chi connectivity index (χ4v) is 3.33. The van der Waals surface area contributed by atoms with Gasteiger partial charge in [-0.1, -0.05) is 5.16 Å². The van der Waals surface area contributed by atoms with Crippen LogP contribution in [0.5, 0.6) is 0 Å². The van der Waals surface area contributed by atoms with Crippen LogP contribution in [0, 0.1) is 0 Å². The van der Waals surface area contributed by atoms with E-state index in [2.05, 4.69) is 25.8 Å². The predicted molar refractivity (Wildman–Crippen MR) is 115 cm³/mol. The van der Waals surface area contributed by atoms with Gasteiger partial charge in [-0.25, -0.2) is 13.8 Å². The average Bonchev–Trinajstić information content (AvgIpc) is 3.46. The van der Waals surface area contributed by atoms with E-state index in [9.17, 15) is 13.6 Å². The molecule has 0 unspecified atom stereocenters. The van der Waals surface area contributed by atoms with E-state index in [1.165, 1.54) is 18.5 Å². The number of rotatable bonds is 9. The number of nitrogens with one attached hydrogen (secondary N) is 2. The maximum absolute atomic E-state index is 13.9. The largest absolute Gasteiger partial charge is 0.351 e. The Hall–Kier alpha value is -3.66. The van der Waals surface area contributed by atoms with Crippen LogP contribution in [0.4, 0.5) is 14.5 Å². The van der Waals surface area contributed by atoms with Crippen molar-refractivity contribution >= 4 is 22.6 Å². The zero-order valence-corrected chi connectivity index (χ0v) is 17.4. The lowest BCUT2D eigenvalue weighted by molar-refractivity contribution is -0.0148. The van der Waals surface area contributed by atoms with Crippen molar-refractivity contribution in [1.29, 1.82) is 0 Å². The van der Waals surface area contributed by atoms with E-state index in [0.29, 0.717) is 17.0 Å². The molecule has 0 fully saturated rings. The molecule has 0 saturated carbocycles. The molecule has 0 radical (unpaired) electrons. The lowest BCUT2D eigenvalue weighted by Crippen LogP contribution is -2.23. The molecule has 0 saturated heterocycles. The Labute approximate surface area is 182 Å². The van der Waals surface area contributed by atoms with Crippen LogP contribution in [-0.4, -0.2) is 45.1 Å². The average molecular weight is 440 g/mol. The minimum absolute atomic E-state index is 0.0903. The molecule has 2 N–H and O–H groups in total. The van der Waals surface area contributed by atoms with Crippen molar-refractivity contribution in [3.8, 4) is 5.69 Å². The number of hydrogen-bond acceptors (Lipinski definition) is 6. The first-order chi connectivity index (χ1) is 15.4. The van der Waals surface area contributed by atoms with E-state index < -0.39 is 11.8 Å². The minimum Gasteiger partial charge on any atom is -0.351 e. The Morgan fingerprint density at radius 3 is 2.84 bits per heavy atom. The zero-order valence-electron chi connectivity index (χ0n) is 17.4. The van der Waals surface area contributed by atoms with Crippen LogP contribution in [0.1, 0.15) is 29.0 Å². The third-order valence-electron chi connectivity index (χ3n) is 5.02. The van der Waals surface area contributed by atoms with Crippen LogP contribution < -0.4 is 10.6 Å². The highest BCUT2D eigenvalue weighted by molar-refractivity contribution is 6.02. The molecule has 0 spiro atoms. The lowest BCUT2D eigenvalue weighted by atomic mass is 10.0. The Kier molecular flexibility index (Phi) is 6.22. The van der Waals surface area contributed by atoms with Crippen molar-refractivity contribution in [2.75, 3.05) is 18.9 Å². The van der Waals surface area contributed by atoms with E-state index in [-0.39, 0.29) is 31.6 Å². The molecule has 166 valence electrons. The summed E-state index contributed by atoms with van der Waals surface area (Å²) in [6.07, 6.45) is 7.82. The molecule has 4 heterocycles. The molecule has 0 aliphatic heterocycles. The first-order valence-electron chi connectivity index (χ1n) is 10.1. The number of pyridine rings is 2. The Morgan fingerprint density at radius 2 is 2.06 bits per heavy atom. The third kappa shape index (κ3) is 4.97. The number of aryl methyl sites for hydroxylation is 1. The number of alkyl halides is 2. The van der Waals surface area contributed by atoms with Gasteiger partial charge in [0.2, 0.25) is 11.7 Å². The Morgan fingerprint density at radius 1 is 1.19 bits per heavy atom. The summed E-state index contributed by atoms with van der Waals surface area (Å²) in [6.45, 7) is 0.277. The van der Waals surface area contributed by atoms with Gasteiger partial charge in [-0.3, -0.25) is 14.3 Å². The summed E-state index contributed by atoms with van der Waals surface area (Å²) in [5, 5.41) is 9.81. The fourth-order valence-electron chi connectivity index (χ4n) is 3.33. The molecule has 10 heteroatoms. The van der Waals surface area contributed by atoms with Crippen molar-refractivity contribution in [2.24, 2.45) is 0 Å². The van der Waals surface area contributed by atoms with Crippen molar-refractivity contribution in [1.82, 2.24) is 25.0 Å². The van der Waals surface area contributed by atoms with Gasteiger partial charge in [-0.15, -0.1) is 0 Å². The smallest absolute Gasteiger partial charge is 0.294 e. The van der Waals surface area contributed by atoms with E-state index >= 15 is 0 Å². The highest BCUT2D eigenvalue weighted by Crippen LogP contribution is 2.26. The molecule has 0 aromatic carbocycles. The molecule has 8 nitrogen and oxygen atoms in total. The zero-order chi connectivity index (χ0) is 22.6. The molecule has 4 aromatic rings. The van der Waals surface area contributed by atoms with Gasteiger partial charge in [0.1, 0.15) is 5.65 Å². The summed E-state index contributed by atoms with van der Waals surface area (Å²) >= 11 is 0. The topological polar surface area (TPSA) is 97.9 Å². The molecular formula is C22H22F2N6O2. The van der Waals surface area contributed by atoms with E-state index in [0.717, 1.165) is 10.9 Å². The number of carbonyl (C=O) groups excluding carboxylic acids is 1. The monoisotopic (exact) mass is 440 g/mol. The number of halogens is 2. The van der Waals surface area contributed by atoms with Gasteiger partial charge in [-0.05, 0) is 37.2 Å². The van der Waals surface area contributed by atoms with E-state index in [1.54, 1.807) is 25.5 Å². The molecule has 4 rings (SSSR count). The molecule has 0 atom stereocenters. The van der Waals surface area contributed by atoms with Crippen LogP contribution in [-0.2, 0) is 6.42 Å². The molecule has 0 bridgehead atoms. The maximum atomic E-state index is 13.9. The van der Waals surface area contributed by atoms with E-state index in [1.807, 2.05) is 22.9 Å². The predicted octanol–water partition coefficient (Wildman–Crippen LogP) is 3.84. The number of nitrogens with zero attached hydrogens (tertiary/aromatic N) is 4. The van der Waals surface area contributed by atoms with Crippen molar-refractivity contribution < 1.29 is 18.1 Å². The summed E-state index contributed by atoms with van der Waals surface area (Å²) in [4.78, 5) is 20.8. The van der Waals surface area contributed by atoms with Crippen LogP contribution in [0.2, 0.25) is 0 Å². The van der Waals surface area contributed by atoms with Gasteiger partial charge in [0.05, 0.1) is 30.0 Å². The van der Waals surface area contributed by atoms with Gasteiger partial charge in [0, 0.05) is 43.2 Å². The Balaban J connectivity index is 1.50. The summed E-state index contributed by atoms with van der Waals surface area (Å²) in [7, 11) is 1.66. The molecule has 0 aliphatic rings. The number of hydrogen-bond donors (Lipinski definition) is 2. The summed E-state index contributed by atoms with van der Waals surface area (Å²) in [6, 6.07) is 6.95. The van der Waals surface area contributed by atoms with Gasteiger partial charge < -0.3 is 15.2 Å². The van der Waals surface area contributed by atoms with Gasteiger partial charge in [0.25, 0.3) is 5.91 Å². The number of fused-ring (bicyclic) bond motifs is 1. The highest BCUT2D eigenvalue weighted by atomic mass is 19.3. The van der Waals surface area contributed by atoms with Gasteiger partial charge in [0.15, 0.2) is 0 Å². The number of aromatic nitrogens is 4. The quantitative estimate of drug-likeness (QED) is 0.410. The number of amides is 1. The second-order valence-corrected chi connectivity index (χ2v) is 7.41. The van der Waals surface area contributed by atoms with Crippen LogP contribution in [0.15, 0.2) is 59.8 Å². The van der Waals surface area contributed by atoms with E-state index in [4.69, 9.17) is 4.52 Å². The molecule has 32 heavy (non-hydrogen) atoms. The third-order valence-corrected chi connectivity index (χ3v) is 5.02. The standard InChI is InChI=1S/C22H22F2N6O2/c1-25-8-6-22(23,24)5-2-15-10-16-4-9-30(20(16)27-12-15)18-11-17(13-26-14-18)29-21(31)19-3-7-28-32-19/h3-4,7,9-14,25H,2,5-6,8H2,1H3,(H,29,31). The van der Waals surface area contributed by atoms with Crippen molar-refractivity contribution in [2.45, 2.75) is 25.2 Å². The number of carbonyl (C=O) groups is 1. The van der Waals surface area contributed by atoms with Gasteiger partial charge in [-0.2, -0.15) is 0 Å². The fraction of sp³-hybridized carbons (Fsp3) is 0.273. The lowest BCUT2D eigenvalue weighted by Gasteiger charge is -2.15. The first kappa shape index (κ1) is 21.6. The SMILES string of the molecule is CNCCC(F)(F)CCc1cnc2c(ccn2-c2cncc(NC(=O)c3ccno3)c2)c1. The highest BCUT2D eigenvalue weighted by Gasteiger charge is 2.27. The second-order valence-electron chi connectivity index (χ2n) is 7.41. The van der Waals surface area contributed by atoms with Gasteiger partial charge >= 0.3 is 0 Å². The van der Waals surface area contributed by atoms with Crippen LogP contribution >= 0.6 is 0 Å². The number of anilines is 1. The maximum Gasteiger partial charge on any atom is 0.294 e. The minimum atomic E-state index is -2.72. The molecular weight excluding hydrogens is 418 g/mol. The van der Waals surface area contributed by atoms with Crippen LogP contribution in [0.25, 0.3) is 16.7 Å². The molecule has 4 aromatic heterocycles. The van der Waals surface area contributed by atoms with Crippen LogP contribution in [0.3, 0.4) is 0 Å². The first-order valence-corrected chi connectivity index (χ1v) is 10.1. The summed E-state index contributed by atoms with van der Waals surface area (Å²) in [5.74, 6) is -3.06. The van der Waals surface area contributed by atoms with Crippen molar-refractivity contribution in [3.63, 3.8) is 0 Å². The molecule has 1 amide bonds. The summed E-state index contributed by atoms with van der Waals surface area (Å²) < 4.78 is 34.6. The second kappa shape index (κ2) is 9.23. The molecule has 0 aliphatic carbocycles.